The topological polar surface area (TPSA) is 46.0 Å². The molecule has 0 spiro atoms. The number of hydrogen-bond donors (Lipinski definition) is 1. The quantitative estimate of drug-likeness (QED) is 0.500. The van der Waals surface area contributed by atoms with E-state index in [2.05, 4.69) is 20.0 Å². The van der Waals surface area contributed by atoms with Gasteiger partial charge < -0.3 is 10.1 Å². The minimum atomic E-state index is 0.263. The summed E-state index contributed by atoms with van der Waals surface area (Å²) in [5.74, 6) is 0. The van der Waals surface area contributed by atoms with E-state index in [1.807, 2.05) is 0 Å². The van der Waals surface area contributed by atoms with E-state index in [-0.39, 0.29) is 11.6 Å². The molecular weight excluding hydrogens is 142 g/mol. The van der Waals surface area contributed by atoms with Crippen LogP contribution in [0.25, 0.3) is 0 Å². The van der Waals surface area contributed by atoms with E-state index in [0.29, 0.717) is 0 Å². The van der Waals surface area contributed by atoms with Crippen molar-refractivity contribution < 1.29 is 4.74 Å². The molecule has 49 valence electrons. The summed E-state index contributed by atoms with van der Waals surface area (Å²) in [6, 6.07) is 0.263. The highest BCUT2D eigenvalue weighted by atomic mass is 35.5. The van der Waals surface area contributed by atoms with Crippen LogP contribution in [0.2, 0.25) is 0 Å². The lowest BCUT2D eigenvalue weighted by Crippen LogP contribution is -2.20. The number of nitrogens with zero attached hydrogens (tertiary/aromatic N) is 2. The Hall–Kier alpha value is -0.770. The second kappa shape index (κ2) is 2.68. The first-order chi connectivity index (χ1) is 4.33. The van der Waals surface area contributed by atoms with Gasteiger partial charge in [0, 0.05) is 0 Å². The number of aliphatic imine (C=N–C) groups is 2. The molecule has 4 nitrogen and oxygen atoms in total. The van der Waals surface area contributed by atoms with E-state index >= 15 is 0 Å². The van der Waals surface area contributed by atoms with E-state index in [1.54, 1.807) is 0 Å². The first kappa shape index (κ1) is 6.35. The molecule has 1 heterocycles. The fourth-order valence-corrected chi connectivity index (χ4v) is 0.505. The summed E-state index contributed by atoms with van der Waals surface area (Å²) in [7, 11) is 1.48. The van der Waals surface area contributed by atoms with Gasteiger partial charge >= 0.3 is 6.02 Å². The molecule has 0 unspecified atom stereocenters. The summed E-state index contributed by atoms with van der Waals surface area (Å²) < 4.78 is 4.67. The SMILES string of the molecule is COC1=N[C](Cl)NC=N1. The van der Waals surface area contributed by atoms with Crippen LogP contribution in [0, 0.1) is 5.62 Å². The van der Waals surface area contributed by atoms with Gasteiger partial charge in [0.2, 0.25) is 0 Å². The molecule has 0 fully saturated rings. The van der Waals surface area contributed by atoms with Crippen molar-refractivity contribution in [2.45, 2.75) is 0 Å². The molecule has 1 radical (unpaired) electrons. The smallest absolute Gasteiger partial charge is 0.316 e. The Balaban J connectivity index is 2.59. The Morgan fingerprint density at radius 3 is 3.00 bits per heavy atom. The van der Waals surface area contributed by atoms with Crippen molar-refractivity contribution in [2.24, 2.45) is 9.98 Å². The van der Waals surface area contributed by atoms with Gasteiger partial charge in [0.1, 0.15) is 0 Å². The summed E-state index contributed by atoms with van der Waals surface area (Å²) in [5, 5.41) is 2.57. The Labute approximate surface area is 57.6 Å². The molecule has 0 aliphatic carbocycles. The fourth-order valence-electron chi connectivity index (χ4n) is 0.384. The number of halogens is 1. The van der Waals surface area contributed by atoms with E-state index in [9.17, 15) is 0 Å². The van der Waals surface area contributed by atoms with Crippen LogP contribution in [0.3, 0.4) is 0 Å². The van der Waals surface area contributed by atoms with Crippen molar-refractivity contribution in [2.75, 3.05) is 7.11 Å². The van der Waals surface area contributed by atoms with Crippen LogP contribution in [-0.4, -0.2) is 19.5 Å². The van der Waals surface area contributed by atoms with E-state index < -0.39 is 0 Å². The van der Waals surface area contributed by atoms with Crippen LogP contribution in [0.5, 0.6) is 0 Å². The molecule has 9 heavy (non-hydrogen) atoms. The molecule has 1 rings (SSSR count). The van der Waals surface area contributed by atoms with Crippen molar-refractivity contribution in [1.29, 1.82) is 0 Å². The maximum atomic E-state index is 5.44. The molecule has 0 saturated heterocycles. The monoisotopic (exact) mass is 146 g/mol. The zero-order valence-electron chi connectivity index (χ0n) is 4.76. The lowest BCUT2D eigenvalue weighted by molar-refractivity contribution is 0.394. The molecule has 0 saturated carbocycles. The first-order valence-corrected chi connectivity index (χ1v) is 2.65. The largest absolute Gasteiger partial charge is 0.467 e. The number of nitrogens with one attached hydrogen (secondary N) is 1. The molecule has 0 aromatic rings. The Morgan fingerprint density at radius 2 is 2.56 bits per heavy atom. The van der Waals surface area contributed by atoms with Gasteiger partial charge in [-0.2, -0.15) is 9.98 Å². The van der Waals surface area contributed by atoms with Crippen molar-refractivity contribution in [1.82, 2.24) is 5.32 Å². The van der Waals surface area contributed by atoms with Crippen molar-refractivity contribution in [3.63, 3.8) is 0 Å². The summed E-state index contributed by atoms with van der Waals surface area (Å²) in [4.78, 5) is 7.35. The lowest BCUT2D eigenvalue weighted by atomic mass is 10.9. The van der Waals surface area contributed by atoms with Crippen LogP contribution in [0.4, 0.5) is 0 Å². The zero-order chi connectivity index (χ0) is 6.69. The predicted molar refractivity (Wildman–Crippen MR) is 35.2 cm³/mol. The highest BCUT2D eigenvalue weighted by molar-refractivity contribution is 6.28. The number of methoxy groups -OCH3 is 1. The zero-order valence-corrected chi connectivity index (χ0v) is 5.51. The third-order valence-electron chi connectivity index (χ3n) is 0.735. The predicted octanol–water partition coefficient (Wildman–Crippen LogP) is 0.306. The van der Waals surface area contributed by atoms with Crippen LogP contribution in [0.15, 0.2) is 9.98 Å². The average Bonchev–Trinajstić information content (AvgIpc) is 1.88. The summed E-state index contributed by atoms with van der Waals surface area (Å²) in [5.41, 5.74) is 0.266. The van der Waals surface area contributed by atoms with Gasteiger partial charge in [-0.25, -0.2) is 0 Å². The van der Waals surface area contributed by atoms with E-state index in [1.165, 1.54) is 13.4 Å². The van der Waals surface area contributed by atoms with Gasteiger partial charge in [-0.05, 0) is 0 Å². The molecule has 1 aliphatic rings. The minimum Gasteiger partial charge on any atom is -0.467 e. The van der Waals surface area contributed by atoms with E-state index in [0.717, 1.165) is 0 Å². The second-order valence-corrected chi connectivity index (χ2v) is 1.65. The van der Waals surface area contributed by atoms with Gasteiger partial charge in [0.25, 0.3) is 5.62 Å². The second-order valence-electron chi connectivity index (χ2n) is 1.29. The number of hydrogen-bond acceptors (Lipinski definition) is 4. The van der Waals surface area contributed by atoms with Gasteiger partial charge in [0.05, 0.1) is 13.4 Å². The molecule has 0 bridgehead atoms. The number of rotatable bonds is 0. The Morgan fingerprint density at radius 1 is 1.78 bits per heavy atom. The third kappa shape index (κ3) is 1.57. The maximum Gasteiger partial charge on any atom is 0.316 e. The summed E-state index contributed by atoms with van der Waals surface area (Å²) in [6.07, 6.45) is 1.41. The molecule has 0 aromatic carbocycles. The molecule has 1 aliphatic heterocycles. The standard InChI is InChI=1S/C4H5ClN3O/c1-9-4-7-2-6-3(5)8-4/h2H,1H3,(H,6,7,8). The molecule has 0 atom stereocenters. The number of amidine groups is 1. The number of ether oxygens (including phenoxy) is 1. The summed E-state index contributed by atoms with van der Waals surface area (Å²) >= 11 is 5.44. The fraction of sp³-hybridized carbons (Fsp3) is 0.250. The normalized spacial score (nSPS) is 18.7. The van der Waals surface area contributed by atoms with Crippen molar-refractivity contribution in [3.8, 4) is 0 Å². The van der Waals surface area contributed by atoms with Crippen molar-refractivity contribution >= 4 is 24.0 Å². The van der Waals surface area contributed by atoms with Crippen LogP contribution < -0.4 is 5.32 Å². The lowest BCUT2D eigenvalue weighted by Gasteiger charge is -2.07. The highest BCUT2D eigenvalue weighted by Crippen LogP contribution is 2.05. The van der Waals surface area contributed by atoms with Gasteiger partial charge in [-0.15, -0.1) is 0 Å². The van der Waals surface area contributed by atoms with Gasteiger partial charge in [-0.1, -0.05) is 11.6 Å². The first-order valence-electron chi connectivity index (χ1n) is 2.27. The van der Waals surface area contributed by atoms with Crippen LogP contribution >= 0.6 is 11.6 Å². The molecule has 1 N–H and O–H groups in total. The summed E-state index contributed by atoms with van der Waals surface area (Å²) in [6.45, 7) is 0. The highest BCUT2D eigenvalue weighted by Gasteiger charge is 2.07. The third-order valence-corrected chi connectivity index (χ3v) is 0.929. The van der Waals surface area contributed by atoms with Gasteiger partial charge in [-0.3, -0.25) is 0 Å². The van der Waals surface area contributed by atoms with E-state index in [4.69, 9.17) is 11.6 Å². The average molecular weight is 147 g/mol. The van der Waals surface area contributed by atoms with Gasteiger partial charge in [0.15, 0.2) is 0 Å². The van der Waals surface area contributed by atoms with Crippen molar-refractivity contribution in [3.05, 3.63) is 5.62 Å². The molecule has 5 heteroatoms. The minimum absolute atomic E-state index is 0.263. The Kier molecular flexibility index (Phi) is 1.89. The molecule has 0 amide bonds. The maximum absolute atomic E-state index is 5.44. The van der Waals surface area contributed by atoms with Crippen LogP contribution in [-0.2, 0) is 4.74 Å². The molecule has 0 aromatic heterocycles. The Bertz CT molecular complexity index is 156. The molecular formula is C4H5ClN3O. The van der Waals surface area contributed by atoms with Crippen LogP contribution in [0.1, 0.15) is 0 Å².